The molecule has 0 spiro atoms. The highest BCUT2D eigenvalue weighted by Gasteiger charge is 2.20. The van der Waals surface area contributed by atoms with Crippen molar-refractivity contribution in [2.45, 2.75) is 46.3 Å². The summed E-state index contributed by atoms with van der Waals surface area (Å²) in [5, 5.41) is 16.6. The molecule has 2 aromatic carbocycles. The van der Waals surface area contributed by atoms with Crippen LogP contribution in [0.15, 0.2) is 55.4 Å². The fourth-order valence-corrected chi connectivity index (χ4v) is 5.27. The average Bonchev–Trinajstić information content (AvgIpc) is 3.07. The molecule has 260 valence electrons. The quantitative estimate of drug-likeness (QED) is 0.0789. The largest absolute Gasteiger partial charge is 0.433 e. The number of hydrogen-bond acceptors (Lipinski definition) is 10. The third-order valence-electron chi connectivity index (χ3n) is 8.03. The number of rotatable bonds is 20. The number of nitrogens with one attached hydrogen (secondary N) is 4. The van der Waals surface area contributed by atoms with Crippen LogP contribution in [0.4, 0.5) is 37.3 Å². The third kappa shape index (κ3) is 10.7. The molecule has 4 N–H and O–H groups in total. The molecule has 13 heteroatoms. The molecule has 0 aliphatic heterocycles. The van der Waals surface area contributed by atoms with E-state index >= 15 is 0 Å². The molecule has 1 heterocycles. The highest BCUT2D eigenvalue weighted by molar-refractivity contribution is 6.02. The number of carbonyl (C=O) groups excluding carboxylic acids is 1. The van der Waals surface area contributed by atoms with Crippen LogP contribution in [-0.2, 0) is 4.79 Å². The van der Waals surface area contributed by atoms with E-state index in [2.05, 4.69) is 70.2 Å². The average molecular weight is 666 g/mol. The second-order valence-electron chi connectivity index (χ2n) is 11.6. The van der Waals surface area contributed by atoms with Crippen LogP contribution in [0.3, 0.4) is 0 Å². The van der Waals surface area contributed by atoms with Gasteiger partial charge in [-0.25, -0.2) is 9.97 Å². The number of nitrogens with zero attached hydrogens (tertiary/aromatic N) is 5. The van der Waals surface area contributed by atoms with E-state index in [1.165, 1.54) is 18.6 Å². The van der Waals surface area contributed by atoms with Gasteiger partial charge in [-0.2, -0.15) is 8.78 Å². The van der Waals surface area contributed by atoms with Crippen molar-refractivity contribution in [3.63, 3.8) is 0 Å². The summed E-state index contributed by atoms with van der Waals surface area (Å²) in [6.45, 7) is 10.8. The van der Waals surface area contributed by atoms with Crippen molar-refractivity contribution in [2.75, 3.05) is 74.7 Å². The summed E-state index contributed by atoms with van der Waals surface area (Å²) in [6.07, 6.45) is 5.65. The summed E-state index contributed by atoms with van der Waals surface area (Å²) in [4.78, 5) is 27.9. The minimum absolute atomic E-state index is 0.101. The maximum absolute atomic E-state index is 13.8. The molecule has 0 radical (unpaired) electrons. The lowest BCUT2D eigenvalue weighted by atomic mass is 10.1. The van der Waals surface area contributed by atoms with Gasteiger partial charge in [-0.1, -0.05) is 25.6 Å². The van der Waals surface area contributed by atoms with Crippen LogP contribution in [-0.4, -0.2) is 98.4 Å². The Morgan fingerprint density at radius 1 is 1.06 bits per heavy atom. The first-order chi connectivity index (χ1) is 23.0. The standard InChI is InChI=1S/C35H49F2N9O2/c1-8-14-45(22-24(4)44(6)7)15-11-16-46(10-3)31-20-32(48-35(36)37)30(18-29(31)43-34(47)9-2)42-33-19-28(40-23-41-33)25-12-13-26(21-38)27(17-25)39-5/h9,12-13,17-21,23-24,35,38-39H,2,8,10-11,14-16,22H2,1,3-7H3,(H,43,47)(H,40,41,42)/t24-/m0/s1. The second-order valence-corrected chi connectivity index (χ2v) is 11.6. The molecule has 0 saturated carbocycles. The van der Waals surface area contributed by atoms with Crippen LogP contribution in [0.1, 0.15) is 39.2 Å². The van der Waals surface area contributed by atoms with Gasteiger partial charge in [0.25, 0.3) is 0 Å². The number of likely N-dealkylation sites (N-methyl/N-ethyl adjacent to an activating group) is 1. The van der Waals surface area contributed by atoms with Crippen LogP contribution < -0.4 is 25.6 Å². The normalized spacial score (nSPS) is 11.8. The summed E-state index contributed by atoms with van der Waals surface area (Å²) < 4.78 is 32.5. The van der Waals surface area contributed by atoms with E-state index in [4.69, 9.17) is 10.1 Å². The molecule has 1 amide bonds. The number of carbonyl (C=O) groups is 1. The Balaban J connectivity index is 1.97. The maximum atomic E-state index is 13.8. The number of amides is 1. The Morgan fingerprint density at radius 2 is 1.83 bits per heavy atom. The van der Waals surface area contributed by atoms with Crippen molar-refractivity contribution in [3.05, 3.63) is 60.9 Å². The lowest BCUT2D eigenvalue weighted by Gasteiger charge is -2.31. The molecule has 0 aliphatic carbocycles. The van der Waals surface area contributed by atoms with Gasteiger partial charge in [0.2, 0.25) is 5.91 Å². The molecule has 0 saturated heterocycles. The van der Waals surface area contributed by atoms with Gasteiger partial charge in [-0.3, -0.25) is 4.79 Å². The van der Waals surface area contributed by atoms with Crippen molar-refractivity contribution in [1.82, 2.24) is 19.8 Å². The third-order valence-corrected chi connectivity index (χ3v) is 8.03. The van der Waals surface area contributed by atoms with Crippen LogP contribution in [0.5, 0.6) is 5.75 Å². The molecule has 0 bridgehead atoms. The van der Waals surface area contributed by atoms with E-state index in [1.54, 1.807) is 25.2 Å². The number of ether oxygens (including phenoxy) is 1. The summed E-state index contributed by atoms with van der Waals surface area (Å²) >= 11 is 0. The molecule has 0 aliphatic rings. The van der Waals surface area contributed by atoms with Crippen molar-refractivity contribution in [3.8, 4) is 17.0 Å². The maximum Gasteiger partial charge on any atom is 0.387 e. The Hall–Kier alpha value is -4.62. The lowest BCUT2D eigenvalue weighted by molar-refractivity contribution is -0.111. The molecule has 3 rings (SSSR count). The van der Waals surface area contributed by atoms with Gasteiger partial charge in [0.15, 0.2) is 5.75 Å². The van der Waals surface area contributed by atoms with E-state index in [9.17, 15) is 13.6 Å². The zero-order chi connectivity index (χ0) is 35.2. The van der Waals surface area contributed by atoms with E-state index in [1.807, 2.05) is 24.0 Å². The molecule has 11 nitrogen and oxygen atoms in total. The predicted molar refractivity (Wildman–Crippen MR) is 192 cm³/mol. The van der Waals surface area contributed by atoms with Gasteiger partial charge in [0.05, 0.1) is 22.8 Å². The summed E-state index contributed by atoms with van der Waals surface area (Å²) in [6, 6.07) is 10.7. The molecular formula is C35H49F2N9O2. The highest BCUT2D eigenvalue weighted by Crippen LogP contribution is 2.39. The molecule has 3 aromatic rings. The number of aromatic nitrogens is 2. The minimum Gasteiger partial charge on any atom is -0.433 e. The number of halogens is 2. The topological polar surface area (TPSA) is 122 Å². The van der Waals surface area contributed by atoms with Gasteiger partial charge in [0, 0.05) is 67.9 Å². The summed E-state index contributed by atoms with van der Waals surface area (Å²) in [7, 11) is 5.92. The number of alkyl halides is 2. The highest BCUT2D eigenvalue weighted by atomic mass is 19.3. The molecule has 1 aromatic heterocycles. The molecule has 0 fully saturated rings. The molecular weight excluding hydrogens is 616 g/mol. The Morgan fingerprint density at radius 3 is 2.46 bits per heavy atom. The first kappa shape index (κ1) is 37.8. The van der Waals surface area contributed by atoms with Crippen LogP contribution in [0, 0.1) is 5.41 Å². The van der Waals surface area contributed by atoms with E-state index in [0.717, 1.165) is 55.4 Å². The summed E-state index contributed by atoms with van der Waals surface area (Å²) in [5.74, 6) is -0.216. The van der Waals surface area contributed by atoms with E-state index in [-0.39, 0.29) is 11.4 Å². The first-order valence-corrected chi connectivity index (χ1v) is 16.1. The Kier molecular flexibility index (Phi) is 14.7. The van der Waals surface area contributed by atoms with Crippen molar-refractivity contribution < 1.29 is 18.3 Å². The van der Waals surface area contributed by atoms with E-state index in [0.29, 0.717) is 42.0 Å². The molecule has 1 atom stereocenters. The van der Waals surface area contributed by atoms with E-state index < -0.39 is 12.5 Å². The first-order valence-electron chi connectivity index (χ1n) is 16.1. The van der Waals surface area contributed by atoms with Crippen LogP contribution in [0.25, 0.3) is 11.3 Å². The van der Waals surface area contributed by atoms with Crippen molar-refractivity contribution in [2.24, 2.45) is 0 Å². The van der Waals surface area contributed by atoms with Crippen LogP contribution >= 0.6 is 0 Å². The minimum atomic E-state index is -3.09. The fourth-order valence-electron chi connectivity index (χ4n) is 5.27. The predicted octanol–water partition coefficient (Wildman–Crippen LogP) is 6.53. The number of hydrogen-bond donors (Lipinski definition) is 4. The fraction of sp³-hybridized carbons (Fsp3) is 0.429. The molecule has 48 heavy (non-hydrogen) atoms. The Bertz CT molecular complexity index is 1520. The number of anilines is 5. The smallest absolute Gasteiger partial charge is 0.387 e. The SMILES string of the molecule is C=CC(=O)Nc1cc(Nc2cc(-c3ccc(C=N)c(NC)c3)ncn2)c(OC(F)F)cc1N(CC)CCCN(CCC)C[C@H](C)N(C)C. The molecule has 0 unspecified atom stereocenters. The second kappa shape index (κ2) is 18.6. The van der Waals surface area contributed by atoms with Gasteiger partial charge >= 0.3 is 6.61 Å². The van der Waals surface area contributed by atoms with Crippen LogP contribution in [0.2, 0.25) is 0 Å². The zero-order valence-corrected chi connectivity index (χ0v) is 28.8. The van der Waals surface area contributed by atoms with Crippen molar-refractivity contribution >= 4 is 40.7 Å². The van der Waals surface area contributed by atoms with Gasteiger partial charge in [-0.05, 0) is 72.1 Å². The summed E-state index contributed by atoms with van der Waals surface area (Å²) in [5.41, 5.74) is 3.95. The van der Waals surface area contributed by atoms with Gasteiger partial charge in [-0.15, -0.1) is 0 Å². The monoisotopic (exact) mass is 665 g/mol. The van der Waals surface area contributed by atoms with Gasteiger partial charge in [0.1, 0.15) is 12.1 Å². The lowest BCUT2D eigenvalue weighted by Crippen LogP contribution is -2.40. The zero-order valence-electron chi connectivity index (χ0n) is 28.8. The van der Waals surface area contributed by atoms with Crippen molar-refractivity contribution in [1.29, 1.82) is 5.41 Å². The Labute approximate surface area is 282 Å². The van der Waals surface area contributed by atoms with Gasteiger partial charge < -0.3 is 40.8 Å². The number of benzene rings is 2.